The largest absolute Gasteiger partial charge is 0.309 e. The second-order valence-corrected chi connectivity index (χ2v) is 6.01. The summed E-state index contributed by atoms with van der Waals surface area (Å²) in [6.07, 6.45) is 0. The van der Waals surface area contributed by atoms with Gasteiger partial charge in [-0.05, 0) is 33.2 Å². The summed E-state index contributed by atoms with van der Waals surface area (Å²) in [6, 6.07) is 8.69. The normalized spacial score (nSPS) is 10.9. The van der Waals surface area contributed by atoms with E-state index in [0.29, 0.717) is 0 Å². The minimum atomic E-state index is 1.14. The van der Waals surface area contributed by atoms with Crippen LogP contribution in [0.2, 0.25) is 0 Å². The predicted molar refractivity (Wildman–Crippen MR) is 68.0 cm³/mol. The molecule has 0 amide bonds. The topological polar surface area (TPSA) is 3.24 Å². The van der Waals surface area contributed by atoms with E-state index in [1.165, 1.54) is 16.2 Å². The molecule has 1 rings (SSSR count). The van der Waals surface area contributed by atoms with E-state index in [4.69, 9.17) is 0 Å². The van der Waals surface area contributed by atoms with Crippen LogP contribution in [-0.4, -0.2) is 31.3 Å². The van der Waals surface area contributed by atoms with Gasteiger partial charge in [-0.15, -0.1) is 0 Å². The average molecular weight is 227 g/mol. The first-order chi connectivity index (χ1) is 6.68. The van der Waals surface area contributed by atoms with Crippen molar-refractivity contribution < 1.29 is 0 Å². The quantitative estimate of drug-likeness (QED) is 0.561. The minimum absolute atomic E-state index is 1.14. The second-order valence-electron chi connectivity index (χ2n) is 3.52. The third kappa shape index (κ3) is 4.94. The van der Waals surface area contributed by atoms with Gasteiger partial charge in [0, 0.05) is 17.2 Å². The Morgan fingerprint density at radius 3 is 2.36 bits per heavy atom. The van der Waals surface area contributed by atoms with Crippen molar-refractivity contribution in [2.75, 3.05) is 26.4 Å². The summed E-state index contributed by atoms with van der Waals surface area (Å²) in [5.41, 5.74) is 1.33. The molecule has 78 valence electrons. The lowest BCUT2D eigenvalue weighted by molar-refractivity contribution is 0.438. The lowest BCUT2D eigenvalue weighted by atomic mass is 10.2. The first kappa shape index (κ1) is 12.0. The zero-order chi connectivity index (χ0) is 10.4. The number of rotatable bonds is 5. The summed E-state index contributed by atoms with van der Waals surface area (Å²) < 4.78 is 0. The molecule has 0 atom stereocenters. The summed E-state index contributed by atoms with van der Waals surface area (Å²) in [5, 5.41) is 0. The van der Waals surface area contributed by atoms with Crippen LogP contribution in [0.3, 0.4) is 0 Å². The van der Waals surface area contributed by atoms with E-state index >= 15 is 0 Å². The van der Waals surface area contributed by atoms with E-state index in [2.05, 4.69) is 50.2 Å². The molecule has 0 aromatic heterocycles. The van der Waals surface area contributed by atoms with Crippen molar-refractivity contribution >= 4 is 21.6 Å². The Morgan fingerprint density at radius 2 is 1.79 bits per heavy atom. The number of benzene rings is 1. The summed E-state index contributed by atoms with van der Waals surface area (Å²) in [7, 11) is 7.99. The van der Waals surface area contributed by atoms with Gasteiger partial charge in [0.25, 0.3) is 0 Å². The highest BCUT2D eigenvalue weighted by Crippen LogP contribution is 2.30. The standard InChI is InChI=1S/C11H17NS2/c1-10-4-6-11(7-5-10)14-13-9-8-12(2)3/h4-7H,8-9H2,1-3H3. The van der Waals surface area contributed by atoms with Gasteiger partial charge >= 0.3 is 0 Å². The average Bonchev–Trinajstić information content (AvgIpc) is 2.15. The molecule has 0 fully saturated rings. The van der Waals surface area contributed by atoms with E-state index in [1.807, 2.05) is 21.6 Å². The summed E-state index contributed by atoms with van der Waals surface area (Å²) in [4.78, 5) is 3.56. The molecule has 3 heteroatoms. The number of hydrogen-bond donors (Lipinski definition) is 0. The van der Waals surface area contributed by atoms with E-state index in [9.17, 15) is 0 Å². The molecule has 0 unspecified atom stereocenters. The SMILES string of the molecule is Cc1ccc(SSCCN(C)C)cc1. The first-order valence-corrected chi connectivity index (χ1v) is 7.01. The smallest absolute Gasteiger partial charge is 0.0182 e. The molecule has 0 saturated carbocycles. The van der Waals surface area contributed by atoms with Crippen LogP contribution in [0, 0.1) is 6.92 Å². The molecular formula is C11H17NS2. The highest BCUT2D eigenvalue weighted by Gasteiger charge is 1.95. The Hall–Kier alpha value is -0.120. The summed E-state index contributed by atoms with van der Waals surface area (Å²) >= 11 is 0. The molecule has 0 aliphatic heterocycles. The third-order valence-electron chi connectivity index (χ3n) is 1.80. The molecule has 1 aromatic rings. The molecule has 0 aliphatic carbocycles. The first-order valence-electron chi connectivity index (χ1n) is 4.69. The second kappa shape index (κ2) is 6.38. The zero-order valence-corrected chi connectivity index (χ0v) is 10.6. The van der Waals surface area contributed by atoms with Crippen molar-refractivity contribution in [3.05, 3.63) is 29.8 Å². The van der Waals surface area contributed by atoms with E-state index < -0.39 is 0 Å². The van der Waals surface area contributed by atoms with Gasteiger partial charge in [-0.3, -0.25) is 0 Å². The Balaban J connectivity index is 2.21. The van der Waals surface area contributed by atoms with Crippen molar-refractivity contribution in [2.24, 2.45) is 0 Å². The van der Waals surface area contributed by atoms with Crippen molar-refractivity contribution in [1.29, 1.82) is 0 Å². The Bertz CT molecular complexity index is 256. The van der Waals surface area contributed by atoms with Gasteiger partial charge in [0.05, 0.1) is 0 Å². The highest BCUT2D eigenvalue weighted by molar-refractivity contribution is 8.76. The van der Waals surface area contributed by atoms with Gasteiger partial charge in [-0.25, -0.2) is 0 Å². The number of aryl methyl sites for hydroxylation is 1. The van der Waals surface area contributed by atoms with Crippen LogP contribution in [0.5, 0.6) is 0 Å². The fourth-order valence-corrected chi connectivity index (χ4v) is 3.04. The van der Waals surface area contributed by atoms with Crippen molar-refractivity contribution in [1.82, 2.24) is 4.90 Å². The monoisotopic (exact) mass is 227 g/mol. The van der Waals surface area contributed by atoms with Crippen LogP contribution in [-0.2, 0) is 0 Å². The van der Waals surface area contributed by atoms with E-state index in [1.54, 1.807) is 0 Å². The van der Waals surface area contributed by atoms with Crippen molar-refractivity contribution in [3.63, 3.8) is 0 Å². The maximum atomic E-state index is 2.21. The molecule has 14 heavy (non-hydrogen) atoms. The van der Waals surface area contributed by atoms with Gasteiger partial charge in [0.2, 0.25) is 0 Å². The van der Waals surface area contributed by atoms with Gasteiger partial charge in [0.1, 0.15) is 0 Å². The number of nitrogens with zero attached hydrogens (tertiary/aromatic N) is 1. The molecule has 1 aromatic carbocycles. The fraction of sp³-hybridized carbons (Fsp3) is 0.455. The van der Waals surface area contributed by atoms with Crippen molar-refractivity contribution in [3.8, 4) is 0 Å². The Labute approximate surface area is 94.7 Å². The lowest BCUT2D eigenvalue weighted by Gasteiger charge is -2.07. The van der Waals surface area contributed by atoms with E-state index in [-0.39, 0.29) is 0 Å². The summed E-state index contributed by atoms with van der Waals surface area (Å²) in [5.74, 6) is 1.17. The summed E-state index contributed by atoms with van der Waals surface area (Å²) in [6.45, 7) is 3.26. The maximum absolute atomic E-state index is 2.21. The minimum Gasteiger partial charge on any atom is -0.309 e. The maximum Gasteiger partial charge on any atom is 0.0182 e. The molecular weight excluding hydrogens is 210 g/mol. The van der Waals surface area contributed by atoms with Gasteiger partial charge in [-0.1, -0.05) is 39.3 Å². The van der Waals surface area contributed by atoms with Gasteiger partial charge in [0.15, 0.2) is 0 Å². The van der Waals surface area contributed by atoms with Crippen LogP contribution in [0.15, 0.2) is 29.2 Å². The van der Waals surface area contributed by atoms with Crippen molar-refractivity contribution in [2.45, 2.75) is 11.8 Å². The molecule has 0 saturated heterocycles. The molecule has 0 aliphatic rings. The zero-order valence-electron chi connectivity index (χ0n) is 8.99. The Kier molecular flexibility index (Phi) is 5.45. The molecule has 0 radical (unpaired) electrons. The number of hydrogen-bond acceptors (Lipinski definition) is 3. The fourth-order valence-electron chi connectivity index (χ4n) is 0.923. The molecule has 0 N–H and O–H groups in total. The van der Waals surface area contributed by atoms with Crippen LogP contribution in [0.25, 0.3) is 0 Å². The van der Waals surface area contributed by atoms with Crippen LogP contribution in [0.1, 0.15) is 5.56 Å². The molecule has 0 spiro atoms. The van der Waals surface area contributed by atoms with Gasteiger partial charge < -0.3 is 4.90 Å². The molecule has 0 heterocycles. The molecule has 1 nitrogen and oxygen atoms in total. The predicted octanol–water partition coefficient (Wildman–Crippen LogP) is 3.30. The van der Waals surface area contributed by atoms with E-state index in [0.717, 1.165) is 6.54 Å². The third-order valence-corrected chi connectivity index (χ3v) is 4.16. The van der Waals surface area contributed by atoms with Crippen LogP contribution >= 0.6 is 21.6 Å². The Morgan fingerprint density at radius 1 is 1.14 bits per heavy atom. The van der Waals surface area contributed by atoms with Gasteiger partial charge in [-0.2, -0.15) is 0 Å². The lowest BCUT2D eigenvalue weighted by Crippen LogP contribution is -2.14. The molecule has 0 bridgehead atoms. The highest BCUT2D eigenvalue weighted by atomic mass is 33.1. The van der Waals surface area contributed by atoms with Crippen LogP contribution < -0.4 is 0 Å². The van der Waals surface area contributed by atoms with Crippen LogP contribution in [0.4, 0.5) is 0 Å².